The highest BCUT2D eigenvalue weighted by molar-refractivity contribution is 7.09. The van der Waals surface area contributed by atoms with Gasteiger partial charge in [-0.15, -0.1) is 11.3 Å². The van der Waals surface area contributed by atoms with Crippen molar-refractivity contribution in [3.05, 3.63) is 50.9 Å². The number of nitrogens with zero attached hydrogens (tertiary/aromatic N) is 1. The summed E-state index contributed by atoms with van der Waals surface area (Å²) in [5, 5.41) is 7.47. The molecular weight excluding hydrogens is 288 g/mol. The second-order valence-electron chi connectivity index (χ2n) is 5.97. The molecule has 20 heavy (non-hydrogen) atoms. The maximum Gasteiger partial charge on any atom is 0.0947 e. The minimum Gasteiger partial charge on any atom is -0.313 e. The third-order valence-corrected chi connectivity index (χ3v) is 4.44. The van der Waals surface area contributed by atoms with Crippen LogP contribution in [0.4, 0.5) is 0 Å². The monoisotopic (exact) mass is 308 g/mol. The summed E-state index contributed by atoms with van der Waals surface area (Å²) in [6.07, 6.45) is 0.902. The van der Waals surface area contributed by atoms with Crippen molar-refractivity contribution in [2.75, 3.05) is 7.05 Å². The number of hydrogen-bond donors (Lipinski definition) is 1. The number of rotatable bonds is 4. The fourth-order valence-corrected chi connectivity index (χ4v) is 3.20. The van der Waals surface area contributed by atoms with E-state index in [1.165, 1.54) is 16.3 Å². The van der Waals surface area contributed by atoms with E-state index in [1.807, 2.05) is 19.2 Å². The van der Waals surface area contributed by atoms with Crippen LogP contribution in [-0.4, -0.2) is 12.0 Å². The van der Waals surface area contributed by atoms with Crippen molar-refractivity contribution in [1.82, 2.24) is 10.3 Å². The predicted octanol–water partition coefficient (Wildman–Crippen LogP) is 4.60. The molecule has 4 heteroatoms. The first-order chi connectivity index (χ1) is 9.40. The summed E-state index contributed by atoms with van der Waals surface area (Å²) >= 11 is 7.68. The predicted molar refractivity (Wildman–Crippen MR) is 87.8 cm³/mol. The molecule has 1 N–H and O–H groups in total. The van der Waals surface area contributed by atoms with E-state index in [2.05, 4.69) is 43.6 Å². The minimum absolute atomic E-state index is 0.115. The summed E-state index contributed by atoms with van der Waals surface area (Å²) in [5.41, 5.74) is 2.53. The van der Waals surface area contributed by atoms with Crippen molar-refractivity contribution < 1.29 is 0 Å². The molecule has 1 heterocycles. The molecule has 0 saturated heterocycles. The van der Waals surface area contributed by atoms with Crippen molar-refractivity contribution in [1.29, 1.82) is 0 Å². The van der Waals surface area contributed by atoms with Gasteiger partial charge in [-0.25, -0.2) is 4.98 Å². The maximum absolute atomic E-state index is 5.94. The van der Waals surface area contributed by atoms with Crippen molar-refractivity contribution in [2.24, 2.45) is 0 Å². The van der Waals surface area contributed by atoms with Crippen LogP contribution in [0.3, 0.4) is 0 Å². The van der Waals surface area contributed by atoms with Gasteiger partial charge >= 0.3 is 0 Å². The SMILES string of the molecule is CNC(Cc1nc(C(C)(C)C)cs1)c1ccc(Cl)cc1. The van der Waals surface area contributed by atoms with E-state index in [9.17, 15) is 0 Å². The summed E-state index contributed by atoms with van der Waals surface area (Å²) in [4.78, 5) is 4.76. The number of hydrogen-bond acceptors (Lipinski definition) is 3. The van der Waals surface area contributed by atoms with Crippen LogP contribution in [0, 0.1) is 0 Å². The Bertz CT molecular complexity index is 555. The van der Waals surface area contributed by atoms with E-state index in [4.69, 9.17) is 16.6 Å². The van der Waals surface area contributed by atoms with Crippen molar-refractivity contribution in [3.8, 4) is 0 Å². The molecule has 108 valence electrons. The third-order valence-electron chi connectivity index (χ3n) is 3.32. The van der Waals surface area contributed by atoms with E-state index in [0.29, 0.717) is 0 Å². The van der Waals surface area contributed by atoms with Crippen molar-refractivity contribution in [3.63, 3.8) is 0 Å². The summed E-state index contributed by atoms with van der Waals surface area (Å²) < 4.78 is 0. The molecule has 0 fully saturated rings. The molecule has 0 radical (unpaired) electrons. The van der Waals surface area contributed by atoms with Crippen LogP contribution in [-0.2, 0) is 11.8 Å². The molecule has 0 aliphatic heterocycles. The van der Waals surface area contributed by atoms with Crippen LogP contribution in [0.2, 0.25) is 5.02 Å². The molecule has 2 rings (SSSR count). The lowest BCUT2D eigenvalue weighted by molar-refractivity contribution is 0.560. The van der Waals surface area contributed by atoms with Gasteiger partial charge in [-0.1, -0.05) is 44.5 Å². The minimum atomic E-state index is 0.115. The van der Waals surface area contributed by atoms with Gasteiger partial charge in [-0.2, -0.15) is 0 Å². The second kappa shape index (κ2) is 6.25. The maximum atomic E-state index is 5.94. The lowest BCUT2D eigenvalue weighted by Crippen LogP contribution is -2.19. The lowest BCUT2D eigenvalue weighted by atomic mass is 9.93. The van der Waals surface area contributed by atoms with Gasteiger partial charge in [0, 0.05) is 28.3 Å². The second-order valence-corrected chi connectivity index (χ2v) is 7.35. The Morgan fingerprint density at radius 2 is 1.90 bits per heavy atom. The summed E-state index contributed by atoms with van der Waals surface area (Å²) in [6.45, 7) is 6.59. The fourth-order valence-electron chi connectivity index (χ4n) is 2.01. The number of aromatic nitrogens is 1. The summed E-state index contributed by atoms with van der Waals surface area (Å²) in [5.74, 6) is 0. The van der Waals surface area contributed by atoms with Gasteiger partial charge in [0.15, 0.2) is 0 Å². The molecule has 2 nitrogen and oxygen atoms in total. The van der Waals surface area contributed by atoms with Crippen LogP contribution in [0.15, 0.2) is 29.6 Å². The molecule has 0 saturated carbocycles. The van der Waals surface area contributed by atoms with Crippen LogP contribution in [0.1, 0.15) is 43.1 Å². The fraction of sp³-hybridized carbons (Fsp3) is 0.438. The molecule has 1 aromatic heterocycles. The van der Waals surface area contributed by atoms with Gasteiger partial charge in [0.2, 0.25) is 0 Å². The quantitative estimate of drug-likeness (QED) is 0.893. The summed E-state index contributed by atoms with van der Waals surface area (Å²) in [6, 6.07) is 8.28. The van der Waals surface area contributed by atoms with Crippen LogP contribution < -0.4 is 5.32 Å². The molecule has 1 unspecified atom stereocenters. The average Bonchev–Trinajstić information content (AvgIpc) is 2.85. The number of nitrogens with one attached hydrogen (secondary N) is 1. The molecule has 0 spiro atoms. The van der Waals surface area contributed by atoms with Gasteiger partial charge in [-0.3, -0.25) is 0 Å². The summed E-state index contributed by atoms with van der Waals surface area (Å²) in [7, 11) is 1.98. The Labute approximate surface area is 130 Å². The van der Waals surface area contributed by atoms with E-state index in [-0.39, 0.29) is 11.5 Å². The van der Waals surface area contributed by atoms with Crippen LogP contribution in [0.5, 0.6) is 0 Å². The van der Waals surface area contributed by atoms with Crippen molar-refractivity contribution in [2.45, 2.75) is 38.6 Å². The molecule has 2 aromatic rings. The average molecular weight is 309 g/mol. The first-order valence-electron chi connectivity index (χ1n) is 6.78. The largest absolute Gasteiger partial charge is 0.313 e. The zero-order valence-corrected chi connectivity index (χ0v) is 14.0. The van der Waals surface area contributed by atoms with Crippen LogP contribution in [0.25, 0.3) is 0 Å². The Hall–Kier alpha value is -0.900. The molecule has 0 aliphatic rings. The molecule has 0 bridgehead atoms. The van der Waals surface area contributed by atoms with E-state index < -0.39 is 0 Å². The van der Waals surface area contributed by atoms with Gasteiger partial charge in [-0.05, 0) is 24.7 Å². The smallest absolute Gasteiger partial charge is 0.0947 e. The highest BCUT2D eigenvalue weighted by Crippen LogP contribution is 2.27. The molecular formula is C16H21ClN2S. The Morgan fingerprint density at radius 3 is 2.40 bits per heavy atom. The number of thiazole rings is 1. The molecule has 1 aromatic carbocycles. The Morgan fingerprint density at radius 1 is 1.25 bits per heavy atom. The number of likely N-dealkylation sites (N-methyl/N-ethyl adjacent to an activating group) is 1. The van der Waals surface area contributed by atoms with Gasteiger partial charge in [0.25, 0.3) is 0 Å². The highest BCUT2D eigenvalue weighted by atomic mass is 35.5. The molecule has 0 aliphatic carbocycles. The lowest BCUT2D eigenvalue weighted by Gasteiger charge is -2.16. The zero-order chi connectivity index (χ0) is 14.8. The Kier molecular flexibility index (Phi) is 4.84. The topological polar surface area (TPSA) is 24.9 Å². The van der Waals surface area contributed by atoms with Gasteiger partial charge in [0.1, 0.15) is 0 Å². The van der Waals surface area contributed by atoms with E-state index in [1.54, 1.807) is 11.3 Å². The number of halogens is 1. The molecule has 0 amide bonds. The van der Waals surface area contributed by atoms with Crippen molar-refractivity contribution >= 4 is 22.9 Å². The number of benzene rings is 1. The first-order valence-corrected chi connectivity index (χ1v) is 8.03. The van der Waals surface area contributed by atoms with Crippen LogP contribution >= 0.6 is 22.9 Å². The normalized spacial score (nSPS) is 13.4. The van der Waals surface area contributed by atoms with E-state index >= 15 is 0 Å². The first kappa shape index (κ1) is 15.5. The standard InChI is InChI=1S/C16H21ClN2S/c1-16(2,3)14-10-20-15(19-14)9-13(18-4)11-5-7-12(17)8-6-11/h5-8,10,13,18H,9H2,1-4H3. The third kappa shape index (κ3) is 3.81. The van der Waals surface area contributed by atoms with Gasteiger partial charge in [0.05, 0.1) is 10.7 Å². The Balaban J connectivity index is 2.14. The molecule has 1 atom stereocenters. The highest BCUT2D eigenvalue weighted by Gasteiger charge is 2.19. The van der Waals surface area contributed by atoms with E-state index in [0.717, 1.165) is 11.4 Å². The zero-order valence-electron chi connectivity index (χ0n) is 12.4. The van der Waals surface area contributed by atoms with Gasteiger partial charge < -0.3 is 5.32 Å².